The maximum absolute atomic E-state index is 6.05. The summed E-state index contributed by atoms with van der Waals surface area (Å²) in [5, 5.41) is 3.38. The molecule has 0 saturated carbocycles. The summed E-state index contributed by atoms with van der Waals surface area (Å²) in [6.07, 6.45) is 5.06. The first-order valence-corrected chi connectivity index (χ1v) is 7.60. The Morgan fingerprint density at radius 2 is 1.95 bits per heavy atom. The molecule has 0 unspecified atom stereocenters. The summed E-state index contributed by atoms with van der Waals surface area (Å²) in [5.74, 6) is 1.13. The van der Waals surface area contributed by atoms with E-state index in [2.05, 4.69) is 28.4 Å². The second-order valence-corrected chi connectivity index (χ2v) is 5.54. The maximum Gasteiger partial charge on any atom is 0.122 e. The molecule has 1 heterocycles. The van der Waals surface area contributed by atoms with Gasteiger partial charge in [0.25, 0.3) is 0 Å². The number of aryl methyl sites for hydroxylation is 1. The van der Waals surface area contributed by atoms with Gasteiger partial charge in [0.1, 0.15) is 12.4 Å². The van der Waals surface area contributed by atoms with Crippen LogP contribution in [0.2, 0.25) is 0 Å². The molecular weight excluding hydrogens is 236 g/mol. The lowest BCUT2D eigenvalue weighted by Gasteiger charge is -2.27. The van der Waals surface area contributed by atoms with Gasteiger partial charge in [-0.05, 0) is 42.9 Å². The monoisotopic (exact) mass is 260 g/mol. The van der Waals surface area contributed by atoms with E-state index in [0.717, 1.165) is 45.1 Å². The Morgan fingerprint density at radius 1 is 1.11 bits per heavy atom. The zero-order valence-electron chi connectivity index (χ0n) is 11.7. The van der Waals surface area contributed by atoms with Gasteiger partial charge in [-0.25, -0.2) is 0 Å². The average Bonchev–Trinajstić information content (AvgIpc) is 2.49. The predicted molar refractivity (Wildman–Crippen MR) is 77.9 cm³/mol. The molecule has 0 atom stereocenters. The Balaban J connectivity index is 1.54. The summed E-state index contributed by atoms with van der Waals surface area (Å²) in [6, 6.07) is 6.55. The number of nitrogens with zero attached hydrogens (tertiary/aromatic N) is 1. The Bertz CT molecular complexity index is 413. The van der Waals surface area contributed by atoms with E-state index >= 15 is 0 Å². The Kier molecular flexibility index (Phi) is 4.36. The van der Waals surface area contributed by atoms with Crippen LogP contribution in [-0.2, 0) is 12.8 Å². The molecule has 104 valence electrons. The fourth-order valence-corrected chi connectivity index (χ4v) is 3.10. The molecule has 0 bridgehead atoms. The van der Waals surface area contributed by atoms with Crippen molar-refractivity contribution in [2.45, 2.75) is 25.7 Å². The first-order chi connectivity index (χ1) is 9.43. The van der Waals surface area contributed by atoms with E-state index in [9.17, 15) is 0 Å². The molecular formula is C16H24N2O. The molecule has 0 radical (unpaired) electrons. The van der Waals surface area contributed by atoms with Crippen LogP contribution in [0.3, 0.4) is 0 Å². The van der Waals surface area contributed by atoms with Crippen LogP contribution in [0.1, 0.15) is 24.0 Å². The summed E-state index contributed by atoms with van der Waals surface area (Å²) in [5.41, 5.74) is 2.97. The van der Waals surface area contributed by atoms with Gasteiger partial charge in [-0.15, -0.1) is 0 Å². The number of nitrogens with one attached hydrogen (secondary N) is 1. The molecule has 3 rings (SSSR count). The van der Waals surface area contributed by atoms with Crippen LogP contribution >= 0.6 is 0 Å². The van der Waals surface area contributed by atoms with Crippen molar-refractivity contribution in [3.05, 3.63) is 29.3 Å². The number of ether oxygens (including phenoxy) is 1. The maximum atomic E-state index is 6.05. The minimum Gasteiger partial charge on any atom is -0.492 e. The van der Waals surface area contributed by atoms with E-state index in [4.69, 9.17) is 4.74 Å². The van der Waals surface area contributed by atoms with E-state index < -0.39 is 0 Å². The van der Waals surface area contributed by atoms with Gasteiger partial charge in [-0.3, -0.25) is 4.90 Å². The number of piperazine rings is 1. The lowest BCUT2D eigenvalue weighted by atomic mass is 9.91. The minimum absolute atomic E-state index is 0.816. The van der Waals surface area contributed by atoms with E-state index in [0.29, 0.717) is 0 Å². The van der Waals surface area contributed by atoms with Crippen LogP contribution < -0.4 is 10.1 Å². The summed E-state index contributed by atoms with van der Waals surface area (Å²) >= 11 is 0. The number of rotatable bonds is 4. The van der Waals surface area contributed by atoms with Crippen LogP contribution in [-0.4, -0.2) is 44.2 Å². The van der Waals surface area contributed by atoms with Crippen molar-refractivity contribution in [1.82, 2.24) is 10.2 Å². The van der Waals surface area contributed by atoms with E-state index in [1.54, 1.807) is 0 Å². The van der Waals surface area contributed by atoms with E-state index in [1.807, 2.05) is 0 Å². The van der Waals surface area contributed by atoms with Crippen LogP contribution in [0.5, 0.6) is 5.75 Å². The highest BCUT2D eigenvalue weighted by atomic mass is 16.5. The molecule has 0 amide bonds. The molecule has 2 aliphatic rings. The molecule has 0 spiro atoms. The third kappa shape index (κ3) is 3.28. The normalized spacial score (nSPS) is 20.0. The lowest BCUT2D eigenvalue weighted by Crippen LogP contribution is -2.44. The highest BCUT2D eigenvalue weighted by molar-refractivity contribution is 5.41. The van der Waals surface area contributed by atoms with Crippen LogP contribution in [0, 0.1) is 0 Å². The third-order valence-corrected chi connectivity index (χ3v) is 4.23. The molecule has 1 aliphatic heterocycles. The van der Waals surface area contributed by atoms with Crippen LogP contribution in [0.4, 0.5) is 0 Å². The highest BCUT2D eigenvalue weighted by Gasteiger charge is 2.14. The average molecular weight is 260 g/mol. The van der Waals surface area contributed by atoms with Gasteiger partial charge in [0.15, 0.2) is 0 Å². The summed E-state index contributed by atoms with van der Waals surface area (Å²) in [4.78, 5) is 2.48. The first-order valence-electron chi connectivity index (χ1n) is 7.60. The van der Waals surface area contributed by atoms with Crippen molar-refractivity contribution in [1.29, 1.82) is 0 Å². The molecule has 3 nitrogen and oxygen atoms in total. The molecule has 1 fully saturated rings. The topological polar surface area (TPSA) is 24.5 Å². The van der Waals surface area contributed by atoms with Gasteiger partial charge in [-0.1, -0.05) is 12.1 Å². The fourth-order valence-electron chi connectivity index (χ4n) is 3.10. The summed E-state index contributed by atoms with van der Waals surface area (Å²) in [6.45, 7) is 6.38. The van der Waals surface area contributed by atoms with Crippen molar-refractivity contribution in [2.75, 3.05) is 39.3 Å². The summed E-state index contributed by atoms with van der Waals surface area (Å²) in [7, 11) is 0. The Morgan fingerprint density at radius 3 is 2.84 bits per heavy atom. The van der Waals surface area contributed by atoms with Gasteiger partial charge in [-0.2, -0.15) is 0 Å². The van der Waals surface area contributed by atoms with E-state index in [1.165, 1.54) is 36.8 Å². The van der Waals surface area contributed by atoms with Crippen molar-refractivity contribution < 1.29 is 4.74 Å². The minimum atomic E-state index is 0.816. The molecule has 3 heteroatoms. The molecule has 1 aromatic carbocycles. The Labute approximate surface area is 115 Å². The zero-order valence-corrected chi connectivity index (χ0v) is 11.7. The first kappa shape index (κ1) is 12.9. The van der Waals surface area contributed by atoms with E-state index in [-0.39, 0.29) is 0 Å². The summed E-state index contributed by atoms with van der Waals surface area (Å²) < 4.78 is 6.05. The van der Waals surface area contributed by atoms with Crippen molar-refractivity contribution >= 4 is 0 Å². The highest BCUT2D eigenvalue weighted by Crippen LogP contribution is 2.29. The number of hydrogen-bond donors (Lipinski definition) is 1. The molecule has 0 aromatic heterocycles. The fraction of sp³-hybridized carbons (Fsp3) is 0.625. The van der Waals surface area contributed by atoms with Gasteiger partial charge in [0.05, 0.1) is 0 Å². The Hall–Kier alpha value is -1.06. The molecule has 1 saturated heterocycles. The molecule has 1 aromatic rings. The number of benzene rings is 1. The standard InChI is InChI=1S/C16H24N2O/c1-2-6-15-14(4-1)5-3-7-16(15)19-13-12-18-10-8-17-9-11-18/h3,5,7,17H,1-2,4,6,8-13H2. The smallest absolute Gasteiger partial charge is 0.122 e. The predicted octanol–water partition coefficient (Wildman–Crippen LogP) is 1.85. The van der Waals surface area contributed by atoms with Gasteiger partial charge >= 0.3 is 0 Å². The van der Waals surface area contributed by atoms with Crippen LogP contribution in [0.15, 0.2) is 18.2 Å². The van der Waals surface area contributed by atoms with Crippen molar-refractivity contribution in [2.24, 2.45) is 0 Å². The van der Waals surface area contributed by atoms with Gasteiger partial charge in [0, 0.05) is 32.7 Å². The largest absolute Gasteiger partial charge is 0.492 e. The number of fused-ring (bicyclic) bond motifs is 1. The second kappa shape index (κ2) is 6.40. The number of hydrogen-bond acceptors (Lipinski definition) is 3. The van der Waals surface area contributed by atoms with Crippen LogP contribution in [0.25, 0.3) is 0 Å². The lowest BCUT2D eigenvalue weighted by molar-refractivity contribution is 0.190. The van der Waals surface area contributed by atoms with Gasteiger partial charge in [0.2, 0.25) is 0 Å². The quantitative estimate of drug-likeness (QED) is 0.894. The molecule has 19 heavy (non-hydrogen) atoms. The van der Waals surface area contributed by atoms with Gasteiger partial charge < -0.3 is 10.1 Å². The van der Waals surface area contributed by atoms with Crippen molar-refractivity contribution in [3.63, 3.8) is 0 Å². The molecule has 1 aliphatic carbocycles. The SMILES string of the molecule is c1cc2c(c(OCCN3CCNCC3)c1)CCCC2. The zero-order chi connectivity index (χ0) is 12.9. The molecule has 1 N–H and O–H groups in total. The second-order valence-electron chi connectivity index (χ2n) is 5.54. The van der Waals surface area contributed by atoms with Crippen molar-refractivity contribution in [3.8, 4) is 5.75 Å². The third-order valence-electron chi connectivity index (χ3n) is 4.23.